The largest absolute Gasteiger partial charge is 0.481 e. The third-order valence-corrected chi connectivity index (χ3v) is 5.28. The maximum Gasteiger partial charge on any atom is 0.406 e. The first-order valence-electron chi connectivity index (χ1n) is 5.92. The van der Waals surface area contributed by atoms with E-state index in [-0.39, 0.29) is 19.0 Å². The number of carboxylic acid groups (broad SMARTS) is 1. The Labute approximate surface area is 108 Å². The number of hydrogen-bond donors (Lipinski definition) is 1. The molecule has 2 saturated heterocycles. The van der Waals surface area contributed by atoms with Crippen LogP contribution in [0.3, 0.4) is 0 Å². The van der Waals surface area contributed by atoms with E-state index in [0.29, 0.717) is 5.25 Å². The summed E-state index contributed by atoms with van der Waals surface area (Å²) >= 11 is 1.74. The molecule has 3 unspecified atom stereocenters. The number of rotatable bonds is 2. The summed E-state index contributed by atoms with van der Waals surface area (Å²) in [5.74, 6) is -0.939. The molecule has 2 heterocycles. The monoisotopic (exact) mass is 283 g/mol. The van der Waals surface area contributed by atoms with Gasteiger partial charge in [-0.2, -0.15) is 24.9 Å². The maximum atomic E-state index is 13.0. The molecule has 2 fully saturated rings. The number of nitrogens with zero attached hydrogens (tertiary/aromatic N) is 1. The fourth-order valence-electron chi connectivity index (χ4n) is 2.73. The van der Waals surface area contributed by atoms with Gasteiger partial charge in [-0.25, -0.2) is 0 Å². The Balaban J connectivity index is 2.12. The average molecular weight is 283 g/mol. The first-order valence-corrected chi connectivity index (χ1v) is 6.97. The van der Waals surface area contributed by atoms with E-state index in [2.05, 4.69) is 6.92 Å². The molecular formula is C11H16F3NO2S. The topological polar surface area (TPSA) is 40.5 Å². The number of alkyl halides is 3. The lowest BCUT2D eigenvalue weighted by Crippen LogP contribution is -2.48. The summed E-state index contributed by atoms with van der Waals surface area (Å²) in [4.78, 5) is 12.7. The van der Waals surface area contributed by atoms with E-state index in [1.165, 1.54) is 0 Å². The molecule has 0 radical (unpaired) electrons. The summed E-state index contributed by atoms with van der Waals surface area (Å²) in [5, 5.41) is 9.41. The molecule has 0 amide bonds. The normalized spacial score (nSPS) is 38.2. The van der Waals surface area contributed by atoms with Crippen LogP contribution in [-0.4, -0.2) is 52.3 Å². The van der Waals surface area contributed by atoms with Crippen molar-refractivity contribution in [2.75, 3.05) is 18.8 Å². The molecule has 18 heavy (non-hydrogen) atoms. The fourth-order valence-corrected chi connectivity index (χ4v) is 3.98. The zero-order chi connectivity index (χ0) is 13.6. The average Bonchev–Trinajstić information content (AvgIpc) is 2.82. The summed E-state index contributed by atoms with van der Waals surface area (Å²) in [6.45, 7) is 1.88. The minimum absolute atomic E-state index is 0.0913. The van der Waals surface area contributed by atoms with Crippen LogP contribution < -0.4 is 0 Å². The van der Waals surface area contributed by atoms with Crippen LogP contribution in [0.25, 0.3) is 0 Å². The van der Waals surface area contributed by atoms with Crippen LogP contribution in [0.4, 0.5) is 13.2 Å². The van der Waals surface area contributed by atoms with Crippen LogP contribution in [0.2, 0.25) is 0 Å². The molecule has 104 valence electrons. The van der Waals surface area contributed by atoms with Crippen molar-refractivity contribution in [1.29, 1.82) is 0 Å². The molecule has 2 aliphatic rings. The van der Waals surface area contributed by atoms with Crippen LogP contribution in [0.1, 0.15) is 19.8 Å². The Hall–Kier alpha value is -0.430. The SMILES string of the molecule is CC1CC(N2CCC(C(=O)O)(C(F)(F)F)C2)CS1. The van der Waals surface area contributed by atoms with Gasteiger partial charge in [-0.05, 0) is 19.4 Å². The van der Waals surface area contributed by atoms with Crippen molar-refractivity contribution < 1.29 is 23.1 Å². The quantitative estimate of drug-likeness (QED) is 0.843. The predicted molar refractivity (Wildman–Crippen MR) is 62.6 cm³/mol. The number of aliphatic carboxylic acids is 1. The lowest BCUT2D eigenvalue weighted by molar-refractivity contribution is -0.227. The van der Waals surface area contributed by atoms with Gasteiger partial charge in [-0.15, -0.1) is 0 Å². The van der Waals surface area contributed by atoms with Gasteiger partial charge in [0, 0.05) is 23.6 Å². The first-order chi connectivity index (χ1) is 8.26. The minimum atomic E-state index is -4.68. The Bertz CT molecular complexity index is 350. The summed E-state index contributed by atoms with van der Waals surface area (Å²) < 4.78 is 39.0. The first kappa shape index (κ1) is 14.0. The fraction of sp³-hybridized carbons (Fsp3) is 0.909. The number of halogens is 3. The van der Waals surface area contributed by atoms with Crippen molar-refractivity contribution in [1.82, 2.24) is 4.90 Å². The van der Waals surface area contributed by atoms with E-state index in [1.54, 1.807) is 16.7 Å². The van der Waals surface area contributed by atoms with Crippen LogP contribution in [0.15, 0.2) is 0 Å². The standard InChI is InChI=1S/C11H16F3NO2S/c1-7-4-8(5-18-7)15-3-2-10(6-15,9(16)17)11(12,13)14/h7-8H,2-6H2,1H3,(H,16,17). The Morgan fingerprint density at radius 3 is 2.56 bits per heavy atom. The van der Waals surface area contributed by atoms with Gasteiger partial charge in [-0.3, -0.25) is 9.69 Å². The molecule has 0 bridgehead atoms. The lowest BCUT2D eigenvalue weighted by Gasteiger charge is -2.29. The van der Waals surface area contributed by atoms with Gasteiger partial charge in [0.15, 0.2) is 5.41 Å². The summed E-state index contributed by atoms with van der Waals surface area (Å²) in [6.07, 6.45) is -4.16. The number of hydrogen-bond acceptors (Lipinski definition) is 3. The van der Waals surface area contributed by atoms with E-state index in [9.17, 15) is 18.0 Å². The Morgan fingerprint density at radius 2 is 2.17 bits per heavy atom. The molecule has 0 aromatic heterocycles. The van der Waals surface area contributed by atoms with Crippen molar-refractivity contribution in [3.63, 3.8) is 0 Å². The molecule has 7 heteroatoms. The van der Waals surface area contributed by atoms with Crippen LogP contribution in [0, 0.1) is 5.41 Å². The molecule has 3 atom stereocenters. The zero-order valence-electron chi connectivity index (χ0n) is 10.0. The molecule has 2 aliphatic heterocycles. The van der Waals surface area contributed by atoms with Gasteiger partial charge < -0.3 is 5.11 Å². The molecule has 0 aromatic carbocycles. The molecule has 0 spiro atoms. The molecule has 0 aromatic rings. The summed E-state index contributed by atoms with van der Waals surface area (Å²) in [6, 6.07) is 0.0913. The number of carboxylic acids is 1. The Morgan fingerprint density at radius 1 is 1.50 bits per heavy atom. The van der Waals surface area contributed by atoms with Gasteiger partial charge in [0.25, 0.3) is 0 Å². The van der Waals surface area contributed by atoms with E-state index < -0.39 is 24.1 Å². The van der Waals surface area contributed by atoms with Crippen molar-refractivity contribution >= 4 is 17.7 Å². The summed E-state index contributed by atoms with van der Waals surface area (Å²) in [7, 11) is 0. The molecule has 0 aliphatic carbocycles. The second kappa shape index (κ2) is 4.59. The third-order valence-electron chi connectivity index (χ3n) is 3.94. The highest BCUT2D eigenvalue weighted by Gasteiger charge is 2.64. The lowest BCUT2D eigenvalue weighted by atomic mass is 9.86. The van der Waals surface area contributed by atoms with Gasteiger partial charge >= 0.3 is 12.1 Å². The van der Waals surface area contributed by atoms with Crippen LogP contribution in [0.5, 0.6) is 0 Å². The van der Waals surface area contributed by atoms with Crippen molar-refractivity contribution in [2.45, 2.75) is 37.2 Å². The highest BCUT2D eigenvalue weighted by molar-refractivity contribution is 8.00. The Kier molecular flexibility index (Phi) is 3.57. The highest BCUT2D eigenvalue weighted by atomic mass is 32.2. The van der Waals surface area contributed by atoms with Crippen molar-refractivity contribution in [2.24, 2.45) is 5.41 Å². The van der Waals surface area contributed by atoms with Crippen LogP contribution in [-0.2, 0) is 4.79 Å². The van der Waals surface area contributed by atoms with Crippen LogP contribution >= 0.6 is 11.8 Å². The van der Waals surface area contributed by atoms with E-state index in [1.807, 2.05) is 0 Å². The minimum Gasteiger partial charge on any atom is -0.481 e. The maximum absolute atomic E-state index is 13.0. The second-order valence-electron chi connectivity index (χ2n) is 5.14. The van der Waals surface area contributed by atoms with E-state index >= 15 is 0 Å². The number of carbonyl (C=O) groups is 1. The van der Waals surface area contributed by atoms with Gasteiger partial charge in [0.1, 0.15) is 0 Å². The smallest absolute Gasteiger partial charge is 0.406 e. The molecule has 0 saturated carbocycles. The second-order valence-corrected chi connectivity index (χ2v) is 6.61. The molecule has 1 N–H and O–H groups in total. The number of thioether (sulfide) groups is 1. The third kappa shape index (κ3) is 2.22. The molecular weight excluding hydrogens is 267 g/mol. The highest BCUT2D eigenvalue weighted by Crippen LogP contribution is 2.47. The van der Waals surface area contributed by atoms with E-state index in [4.69, 9.17) is 5.11 Å². The van der Waals surface area contributed by atoms with Crippen molar-refractivity contribution in [3.8, 4) is 0 Å². The van der Waals surface area contributed by atoms with Gasteiger partial charge in [0.2, 0.25) is 0 Å². The predicted octanol–water partition coefficient (Wildman–Crippen LogP) is 2.22. The molecule has 3 nitrogen and oxygen atoms in total. The molecule has 2 rings (SSSR count). The zero-order valence-corrected chi connectivity index (χ0v) is 10.9. The summed E-state index contributed by atoms with van der Waals surface area (Å²) in [5.41, 5.74) is -2.57. The van der Waals surface area contributed by atoms with Gasteiger partial charge in [-0.1, -0.05) is 6.92 Å². The van der Waals surface area contributed by atoms with Crippen molar-refractivity contribution in [3.05, 3.63) is 0 Å². The van der Waals surface area contributed by atoms with Gasteiger partial charge in [0.05, 0.1) is 0 Å². The van der Waals surface area contributed by atoms with E-state index in [0.717, 1.165) is 12.2 Å². The number of likely N-dealkylation sites (tertiary alicyclic amines) is 1.